The summed E-state index contributed by atoms with van der Waals surface area (Å²) in [6.45, 7) is 2.23. The number of hydrogen-bond acceptors (Lipinski definition) is 2. The Morgan fingerprint density at radius 2 is 1.41 bits per heavy atom. The molecule has 2 aromatic rings. The van der Waals surface area contributed by atoms with Crippen molar-refractivity contribution in [2.75, 3.05) is 0 Å². The summed E-state index contributed by atoms with van der Waals surface area (Å²) in [5.74, 6) is -0.889. The van der Waals surface area contributed by atoms with Crippen molar-refractivity contribution in [3.05, 3.63) is 84.6 Å². The molecule has 0 fully saturated rings. The summed E-state index contributed by atoms with van der Waals surface area (Å²) in [6, 6.07) is 7.47. The lowest BCUT2D eigenvalue weighted by atomic mass is 10.1. The molecular weight excluding hydrogens is 422 g/mol. The first-order valence-electron chi connectivity index (χ1n) is 12.6. The molecule has 0 saturated heterocycles. The van der Waals surface area contributed by atoms with E-state index in [9.17, 15) is 9.59 Å². The van der Waals surface area contributed by atoms with Crippen molar-refractivity contribution in [3.63, 3.8) is 0 Å². The first-order chi connectivity index (χ1) is 16.6. The highest BCUT2D eigenvalue weighted by Crippen LogP contribution is 2.22. The number of hydrogen-bond donors (Lipinski definition) is 1. The lowest BCUT2D eigenvalue weighted by molar-refractivity contribution is -0.136. The third kappa shape index (κ3) is 10.2. The van der Waals surface area contributed by atoms with E-state index in [0.29, 0.717) is 12.0 Å². The molecule has 0 radical (unpaired) electrons. The van der Waals surface area contributed by atoms with Crippen molar-refractivity contribution in [1.29, 1.82) is 0 Å². The number of nitrogens with zero attached hydrogens (tertiary/aromatic N) is 1. The van der Waals surface area contributed by atoms with Gasteiger partial charge in [0.05, 0.1) is 11.9 Å². The zero-order chi connectivity index (χ0) is 24.4. The molecule has 1 N–H and O–H groups in total. The SMILES string of the molecule is CCCCC/C=C/C/C=C/C/C=C/C/C=C/CCCC(=O)n1cc(CC(=O)O)c2ccccc21. The van der Waals surface area contributed by atoms with E-state index in [2.05, 4.69) is 55.5 Å². The number of carboxylic acid groups (broad SMARTS) is 1. The number of carbonyl (C=O) groups excluding carboxylic acids is 1. The minimum atomic E-state index is -0.893. The number of benzene rings is 1. The number of aliphatic carboxylic acids is 1. The maximum Gasteiger partial charge on any atom is 0.307 e. The number of aromatic nitrogens is 1. The summed E-state index contributed by atoms with van der Waals surface area (Å²) >= 11 is 0. The van der Waals surface area contributed by atoms with Crippen LogP contribution in [-0.4, -0.2) is 21.6 Å². The highest BCUT2D eigenvalue weighted by molar-refractivity contribution is 5.95. The van der Waals surface area contributed by atoms with Crippen LogP contribution in [0.2, 0.25) is 0 Å². The summed E-state index contributed by atoms with van der Waals surface area (Å²) in [5, 5.41) is 9.96. The van der Waals surface area contributed by atoms with E-state index in [0.717, 1.165) is 43.0 Å². The number of carboxylic acids is 1. The smallest absolute Gasteiger partial charge is 0.307 e. The number of para-hydroxylation sites is 1. The number of fused-ring (bicyclic) bond motifs is 1. The summed E-state index contributed by atoms with van der Waals surface area (Å²) in [4.78, 5) is 23.8. The van der Waals surface area contributed by atoms with Crippen LogP contribution in [0.1, 0.15) is 81.5 Å². The predicted molar refractivity (Wildman–Crippen MR) is 142 cm³/mol. The Morgan fingerprint density at radius 1 is 0.824 bits per heavy atom. The molecule has 1 heterocycles. The largest absolute Gasteiger partial charge is 0.481 e. The van der Waals surface area contributed by atoms with Crippen LogP contribution >= 0.6 is 0 Å². The molecule has 0 amide bonds. The summed E-state index contributed by atoms with van der Waals surface area (Å²) in [5.41, 5.74) is 1.46. The maximum atomic E-state index is 12.7. The van der Waals surface area contributed by atoms with Gasteiger partial charge in [0, 0.05) is 18.0 Å². The van der Waals surface area contributed by atoms with Crippen molar-refractivity contribution >= 4 is 22.8 Å². The monoisotopic (exact) mass is 461 g/mol. The van der Waals surface area contributed by atoms with Crippen molar-refractivity contribution in [3.8, 4) is 0 Å². The molecule has 4 nitrogen and oxygen atoms in total. The van der Waals surface area contributed by atoms with E-state index >= 15 is 0 Å². The summed E-state index contributed by atoms with van der Waals surface area (Å²) < 4.78 is 1.61. The van der Waals surface area contributed by atoms with Crippen molar-refractivity contribution < 1.29 is 14.7 Å². The van der Waals surface area contributed by atoms with E-state index in [-0.39, 0.29) is 12.3 Å². The van der Waals surface area contributed by atoms with Gasteiger partial charge in [-0.05, 0) is 56.6 Å². The van der Waals surface area contributed by atoms with Gasteiger partial charge in [-0.1, -0.05) is 86.6 Å². The van der Waals surface area contributed by atoms with E-state index in [1.807, 2.05) is 24.3 Å². The molecule has 0 unspecified atom stereocenters. The van der Waals surface area contributed by atoms with Crippen LogP contribution in [0.5, 0.6) is 0 Å². The average Bonchev–Trinajstić information content (AvgIpc) is 3.19. The van der Waals surface area contributed by atoms with Gasteiger partial charge in [-0.3, -0.25) is 14.2 Å². The standard InChI is InChI=1S/C30H39NO3/c1-2-3-4-5-6-7-8-9-10-11-12-13-14-15-16-17-18-23-29(32)31-25-26(24-30(33)34)27-21-19-20-22-28(27)31/h6-7,9-10,12-13,15-16,19-22,25H,2-5,8,11,14,17-18,23-24H2,1H3,(H,33,34)/b7-6+,10-9+,13-12+,16-15+. The molecule has 4 heteroatoms. The second-order valence-electron chi connectivity index (χ2n) is 8.49. The van der Waals surface area contributed by atoms with Gasteiger partial charge in [-0.15, -0.1) is 0 Å². The third-order valence-electron chi connectivity index (χ3n) is 5.62. The van der Waals surface area contributed by atoms with E-state index < -0.39 is 5.97 Å². The molecule has 34 heavy (non-hydrogen) atoms. The lowest BCUT2D eigenvalue weighted by Crippen LogP contribution is -2.08. The molecule has 0 spiro atoms. The van der Waals surface area contributed by atoms with Crippen molar-refractivity contribution in [2.45, 2.75) is 77.6 Å². The molecular formula is C30H39NO3. The first-order valence-corrected chi connectivity index (χ1v) is 12.6. The first kappa shape index (κ1) is 27.1. The molecule has 0 saturated carbocycles. The van der Waals surface area contributed by atoms with E-state index in [1.165, 1.54) is 25.7 Å². The zero-order valence-corrected chi connectivity index (χ0v) is 20.5. The topological polar surface area (TPSA) is 59.3 Å². The normalized spacial score (nSPS) is 12.3. The molecule has 182 valence electrons. The third-order valence-corrected chi connectivity index (χ3v) is 5.62. The fourth-order valence-corrected chi connectivity index (χ4v) is 3.81. The van der Waals surface area contributed by atoms with Gasteiger partial charge in [-0.2, -0.15) is 0 Å². The van der Waals surface area contributed by atoms with Gasteiger partial charge in [-0.25, -0.2) is 0 Å². The molecule has 0 aliphatic carbocycles. The summed E-state index contributed by atoms with van der Waals surface area (Å²) in [6.07, 6.45) is 29.2. The van der Waals surface area contributed by atoms with Gasteiger partial charge >= 0.3 is 5.97 Å². The molecule has 0 aliphatic heterocycles. The van der Waals surface area contributed by atoms with Gasteiger partial charge < -0.3 is 5.11 Å². The van der Waals surface area contributed by atoms with Gasteiger partial charge in [0.1, 0.15) is 0 Å². The van der Waals surface area contributed by atoms with Gasteiger partial charge in [0.2, 0.25) is 5.91 Å². The molecule has 0 aliphatic rings. The fourth-order valence-electron chi connectivity index (χ4n) is 3.81. The molecule has 0 atom stereocenters. The second kappa shape index (κ2) is 16.5. The molecule has 1 aromatic carbocycles. The predicted octanol–water partition coefficient (Wildman–Crippen LogP) is 8.05. The molecule has 0 bridgehead atoms. The Balaban J connectivity index is 1.63. The molecule has 2 rings (SSSR count). The van der Waals surface area contributed by atoms with Crippen LogP contribution in [0, 0.1) is 0 Å². The van der Waals surface area contributed by atoms with Crippen LogP contribution in [0.15, 0.2) is 79.1 Å². The number of rotatable bonds is 16. The fraction of sp³-hybridized carbons (Fsp3) is 0.400. The van der Waals surface area contributed by atoms with Gasteiger partial charge in [0.15, 0.2) is 0 Å². The number of carbonyl (C=O) groups is 2. The molecule has 1 aromatic heterocycles. The average molecular weight is 462 g/mol. The second-order valence-corrected chi connectivity index (χ2v) is 8.49. The highest BCUT2D eigenvalue weighted by Gasteiger charge is 2.14. The summed E-state index contributed by atoms with van der Waals surface area (Å²) in [7, 11) is 0. The Hall–Kier alpha value is -3.14. The van der Waals surface area contributed by atoms with E-state index in [1.54, 1.807) is 10.8 Å². The van der Waals surface area contributed by atoms with Crippen LogP contribution < -0.4 is 0 Å². The Bertz CT molecular complexity index is 1010. The van der Waals surface area contributed by atoms with Crippen LogP contribution in [-0.2, 0) is 11.2 Å². The Labute approximate surface area is 204 Å². The van der Waals surface area contributed by atoms with Crippen LogP contribution in [0.4, 0.5) is 0 Å². The minimum absolute atomic E-state index is 0.00345. The van der Waals surface area contributed by atoms with Crippen molar-refractivity contribution in [1.82, 2.24) is 4.57 Å². The quantitative estimate of drug-likeness (QED) is 0.203. The zero-order valence-electron chi connectivity index (χ0n) is 20.5. The van der Waals surface area contributed by atoms with E-state index in [4.69, 9.17) is 5.11 Å². The highest BCUT2D eigenvalue weighted by atomic mass is 16.4. The number of unbranched alkanes of at least 4 members (excludes halogenated alkanes) is 4. The van der Waals surface area contributed by atoms with Crippen LogP contribution in [0.25, 0.3) is 10.9 Å². The van der Waals surface area contributed by atoms with Gasteiger partial charge in [0.25, 0.3) is 0 Å². The lowest BCUT2D eigenvalue weighted by Gasteiger charge is -2.03. The number of allylic oxidation sites excluding steroid dienone is 8. The maximum absolute atomic E-state index is 12.7. The van der Waals surface area contributed by atoms with Crippen molar-refractivity contribution in [2.24, 2.45) is 0 Å². The minimum Gasteiger partial charge on any atom is -0.481 e. The van der Waals surface area contributed by atoms with Crippen LogP contribution in [0.3, 0.4) is 0 Å². The Morgan fingerprint density at radius 3 is 2.03 bits per heavy atom. The Kier molecular flexibility index (Phi) is 13.1.